The van der Waals surface area contributed by atoms with Crippen LogP contribution in [-0.4, -0.2) is 48.6 Å². The van der Waals surface area contributed by atoms with E-state index in [0.29, 0.717) is 43.1 Å². The third-order valence-electron chi connectivity index (χ3n) is 4.30. The SMILES string of the molecule is COc1ccc(NC(=O)C2CCN(C(=O)OC(C)(C)C)CC2)cc1NC(C)=O. The number of methoxy groups -OCH3 is 1. The number of nitrogens with one attached hydrogen (secondary N) is 2. The van der Waals surface area contributed by atoms with Crippen LogP contribution in [-0.2, 0) is 14.3 Å². The van der Waals surface area contributed by atoms with Crippen molar-refractivity contribution in [3.63, 3.8) is 0 Å². The molecule has 0 aromatic heterocycles. The molecule has 8 nitrogen and oxygen atoms in total. The molecule has 28 heavy (non-hydrogen) atoms. The average molecular weight is 391 g/mol. The Kier molecular flexibility index (Phi) is 6.88. The number of piperidine rings is 1. The van der Waals surface area contributed by atoms with Gasteiger partial charge < -0.3 is 25.0 Å². The molecule has 0 spiro atoms. The van der Waals surface area contributed by atoms with E-state index in [1.54, 1.807) is 23.1 Å². The van der Waals surface area contributed by atoms with E-state index in [9.17, 15) is 14.4 Å². The summed E-state index contributed by atoms with van der Waals surface area (Å²) in [6.07, 6.45) is 0.793. The standard InChI is InChI=1S/C20H29N3O5/c1-13(24)21-16-12-15(6-7-17(16)27-5)22-18(25)14-8-10-23(11-9-14)19(26)28-20(2,3)4/h6-7,12,14H,8-11H2,1-5H3,(H,21,24)(H,22,25). The molecule has 1 saturated heterocycles. The van der Waals surface area contributed by atoms with Gasteiger partial charge in [0, 0.05) is 31.6 Å². The Balaban J connectivity index is 1.94. The van der Waals surface area contributed by atoms with Crippen LogP contribution in [0.25, 0.3) is 0 Å². The summed E-state index contributed by atoms with van der Waals surface area (Å²) in [4.78, 5) is 37.7. The van der Waals surface area contributed by atoms with Gasteiger partial charge in [0.05, 0.1) is 12.8 Å². The van der Waals surface area contributed by atoms with Crippen molar-refractivity contribution in [1.29, 1.82) is 0 Å². The Hall–Kier alpha value is -2.77. The van der Waals surface area contributed by atoms with Gasteiger partial charge in [0.1, 0.15) is 11.4 Å². The molecule has 0 saturated carbocycles. The Labute approximate surface area is 165 Å². The van der Waals surface area contributed by atoms with Crippen LogP contribution in [0.4, 0.5) is 16.2 Å². The van der Waals surface area contributed by atoms with E-state index in [0.717, 1.165) is 0 Å². The minimum atomic E-state index is -0.536. The maximum atomic E-state index is 12.6. The summed E-state index contributed by atoms with van der Waals surface area (Å²) in [5.74, 6) is -0.0112. The van der Waals surface area contributed by atoms with Crippen LogP contribution in [0.15, 0.2) is 18.2 Å². The summed E-state index contributed by atoms with van der Waals surface area (Å²) in [5, 5.41) is 5.56. The van der Waals surface area contributed by atoms with Crippen molar-refractivity contribution in [1.82, 2.24) is 4.90 Å². The van der Waals surface area contributed by atoms with Gasteiger partial charge in [-0.15, -0.1) is 0 Å². The second kappa shape index (κ2) is 8.95. The highest BCUT2D eigenvalue weighted by molar-refractivity contribution is 5.95. The quantitative estimate of drug-likeness (QED) is 0.821. The predicted octanol–water partition coefficient (Wildman–Crippen LogP) is 3.24. The minimum Gasteiger partial charge on any atom is -0.495 e. The van der Waals surface area contributed by atoms with Crippen LogP contribution >= 0.6 is 0 Å². The van der Waals surface area contributed by atoms with Crippen molar-refractivity contribution in [3.8, 4) is 5.75 Å². The third-order valence-corrected chi connectivity index (χ3v) is 4.30. The summed E-state index contributed by atoms with van der Waals surface area (Å²) in [6, 6.07) is 5.07. The van der Waals surface area contributed by atoms with Gasteiger partial charge in [-0.05, 0) is 51.8 Å². The van der Waals surface area contributed by atoms with Crippen molar-refractivity contribution in [2.24, 2.45) is 5.92 Å². The predicted molar refractivity (Wildman–Crippen MR) is 106 cm³/mol. The van der Waals surface area contributed by atoms with Crippen LogP contribution in [0.1, 0.15) is 40.5 Å². The lowest BCUT2D eigenvalue weighted by Crippen LogP contribution is -2.43. The lowest BCUT2D eigenvalue weighted by atomic mass is 9.96. The number of hydrogen-bond acceptors (Lipinski definition) is 5. The fraction of sp³-hybridized carbons (Fsp3) is 0.550. The maximum absolute atomic E-state index is 12.6. The molecule has 8 heteroatoms. The molecular formula is C20H29N3O5. The molecule has 1 aliphatic heterocycles. The maximum Gasteiger partial charge on any atom is 0.410 e. The van der Waals surface area contributed by atoms with Gasteiger partial charge in [-0.25, -0.2) is 4.79 Å². The van der Waals surface area contributed by atoms with Crippen molar-refractivity contribution in [2.45, 2.75) is 46.1 Å². The first-order valence-corrected chi connectivity index (χ1v) is 9.33. The van der Waals surface area contributed by atoms with Crippen molar-refractivity contribution >= 4 is 29.3 Å². The molecule has 3 amide bonds. The zero-order chi connectivity index (χ0) is 20.9. The first-order chi connectivity index (χ1) is 13.1. The van der Waals surface area contributed by atoms with Gasteiger partial charge in [0.15, 0.2) is 0 Å². The Bertz CT molecular complexity index is 734. The molecule has 1 aliphatic rings. The number of benzene rings is 1. The molecule has 0 radical (unpaired) electrons. The number of anilines is 2. The Morgan fingerprint density at radius 2 is 1.75 bits per heavy atom. The lowest BCUT2D eigenvalue weighted by molar-refractivity contribution is -0.121. The van der Waals surface area contributed by atoms with Gasteiger partial charge in [0.25, 0.3) is 0 Å². The summed E-state index contributed by atoms with van der Waals surface area (Å²) in [6.45, 7) is 7.85. The number of nitrogens with zero attached hydrogens (tertiary/aromatic N) is 1. The number of ether oxygens (including phenoxy) is 2. The van der Waals surface area contributed by atoms with Crippen LogP contribution in [0.3, 0.4) is 0 Å². The van der Waals surface area contributed by atoms with E-state index >= 15 is 0 Å². The average Bonchev–Trinajstić information content (AvgIpc) is 2.60. The number of hydrogen-bond donors (Lipinski definition) is 2. The highest BCUT2D eigenvalue weighted by Gasteiger charge is 2.30. The van der Waals surface area contributed by atoms with Crippen molar-refractivity contribution < 1.29 is 23.9 Å². The summed E-state index contributed by atoms with van der Waals surface area (Å²) in [7, 11) is 1.51. The largest absolute Gasteiger partial charge is 0.495 e. The summed E-state index contributed by atoms with van der Waals surface area (Å²) < 4.78 is 10.6. The second-order valence-corrected chi connectivity index (χ2v) is 7.83. The number of rotatable bonds is 4. The molecule has 1 aromatic rings. The van der Waals surface area contributed by atoms with E-state index in [1.165, 1.54) is 14.0 Å². The lowest BCUT2D eigenvalue weighted by Gasteiger charge is -2.32. The van der Waals surface area contributed by atoms with Crippen molar-refractivity contribution in [3.05, 3.63) is 18.2 Å². The zero-order valence-electron chi connectivity index (χ0n) is 17.1. The molecule has 0 atom stereocenters. The molecule has 2 N–H and O–H groups in total. The van der Waals surface area contributed by atoms with Gasteiger partial charge in [-0.2, -0.15) is 0 Å². The highest BCUT2D eigenvalue weighted by atomic mass is 16.6. The minimum absolute atomic E-state index is 0.109. The van der Waals surface area contributed by atoms with Gasteiger partial charge in [-0.1, -0.05) is 0 Å². The molecule has 154 valence electrons. The first-order valence-electron chi connectivity index (χ1n) is 9.33. The Morgan fingerprint density at radius 1 is 1.11 bits per heavy atom. The van der Waals surface area contributed by atoms with Crippen LogP contribution < -0.4 is 15.4 Å². The van der Waals surface area contributed by atoms with E-state index in [-0.39, 0.29) is 23.8 Å². The normalized spacial score (nSPS) is 15.0. The van der Waals surface area contributed by atoms with Crippen LogP contribution in [0.2, 0.25) is 0 Å². The summed E-state index contributed by atoms with van der Waals surface area (Å²) in [5.41, 5.74) is 0.530. The van der Waals surface area contributed by atoms with E-state index in [2.05, 4.69) is 10.6 Å². The second-order valence-electron chi connectivity index (χ2n) is 7.83. The molecule has 1 aromatic carbocycles. The molecule has 0 bridgehead atoms. The molecule has 1 fully saturated rings. The number of carbonyl (C=O) groups is 3. The highest BCUT2D eigenvalue weighted by Crippen LogP contribution is 2.29. The topological polar surface area (TPSA) is 97.0 Å². The molecular weight excluding hydrogens is 362 g/mol. The van der Waals surface area contributed by atoms with Crippen molar-refractivity contribution in [2.75, 3.05) is 30.8 Å². The molecule has 2 rings (SSSR count). The molecule has 1 heterocycles. The fourth-order valence-electron chi connectivity index (χ4n) is 2.97. The third kappa shape index (κ3) is 6.14. The fourth-order valence-corrected chi connectivity index (χ4v) is 2.97. The van der Waals surface area contributed by atoms with Gasteiger partial charge in [0.2, 0.25) is 11.8 Å². The first kappa shape index (κ1) is 21.5. The van der Waals surface area contributed by atoms with E-state index in [4.69, 9.17) is 9.47 Å². The summed E-state index contributed by atoms with van der Waals surface area (Å²) >= 11 is 0. The van der Waals surface area contributed by atoms with Gasteiger partial charge in [-0.3, -0.25) is 9.59 Å². The molecule has 0 aliphatic carbocycles. The zero-order valence-corrected chi connectivity index (χ0v) is 17.1. The Morgan fingerprint density at radius 3 is 2.29 bits per heavy atom. The van der Waals surface area contributed by atoms with Gasteiger partial charge >= 0.3 is 6.09 Å². The molecule has 0 unspecified atom stereocenters. The van der Waals surface area contributed by atoms with Crippen LogP contribution in [0, 0.1) is 5.92 Å². The number of amides is 3. The van der Waals surface area contributed by atoms with E-state index in [1.807, 2.05) is 20.8 Å². The van der Waals surface area contributed by atoms with E-state index < -0.39 is 5.60 Å². The number of likely N-dealkylation sites (tertiary alicyclic amines) is 1. The monoisotopic (exact) mass is 391 g/mol. The number of carbonyl (C=O) groups excluding carboxylic acids is 3. The smallest absolute Gasteiger partial charge is 0.410 e. The van der Waals surface area contributed by atoms with Crippen LogP contribution in [0.5, 0.6) is 5.75 Å².